The van der Waals surface area contributed by atoms with Gasteiger partial charge in [0.05, 0.1) is 0 Å². The summed E-state index contributed by atoms with van der Waals surface area (Å²) in [6, 6.07) is 3.57. The molecule has 1 aromatic carbocycles. The summed E-state index contributed by atoms with van der Waals surface area (Å²) < 4.78 is 5.04. The predicted molar refractivity (Wildman–Crippen MR) is 58.9 cm³/mol. The molecule has 0 aliphatic carbocycles. The molecule has 14 heavy (non-hydrogen) atoms. The van der Waals surface area contributed by atoms with Gasteiger partial charge in [0.25, 0.3) is 0 Å². The minimum absolute atomic E-state index is 0. The maximum atomic E-state index is 10.7. The van der Waals surface area contributed by atoms with Crippen molar-refractivity contribution in [2.24, 2.45) is 0 Å². The highest BCUT2D eigenvalue weighted by Gasteiger charge is 2.06. The van der Waals surface area contributed by atoms with E-state index in [9.17, 15) is 4.79 Å². The van der Waals surface area contributed by atoms with Crippen molar-refractivity contribution in [3.63, 3.8) is 0 Å². The number of carbonyl (C=O) groups excluding carboxylic acids is 1. The molecule has 2 N–H and O–H groups in total. The number of benzene rings is 1. The molecule has 0 heterocycles. The molecule has 0 saturated heterocycles. The summed E-state index contributed by atoms with van der Waals surface area (Å²) in [7, 11) is 0. The molecule has 3 nitrogen and oxygen atoms in total. The quantitative estimate of drug-likeness (QED) is 0.444. The molecule has 0 aliphatic heterocycles. The topological polar surface area (TPSA) is 52.3 Å². The second-order valence-electron chi connectivity index (χ2n) is 3.08. The number of carbonyl (C=O) groups is 1. The van der Waals surface area contributed by atoms with Crippen LogP contribution in [0.1, 0.15) is 18.1 Å². The van der Waals surface area contributed by atoms with Crippen molar-refractivity contribution >= 4 is 24.1 Å². The summed E-state index contributed by atoms with van der Waals surface area (Å²) >= 11 is 0. The van der Waals surface area contributed by atoms with Crippen molar-refractivity contribution in [1.82, 2.24) is 0 Å². The zero-order valence-electron chi connectivity index (χ0n) is 8.46. The highest BCUT2D eigenvalue weighted by atomic mass is 35.5. The molecule has 1 aromatic rings. The Kier molecular flexibility index (Phi) is 4.44. The van der Waals surface area contributed by atoms with Crippen LogP contribution in [0.5, 0.6) is 5.75 Å². The lowest BCUT2D eigenvalue weighted by atomic mass is 10.1. The van der Waals surface area contributed by atoms with Gasteiger partial charge in [-0.2, -0.15) is 0 Å². The van der Waals surface area contributed by atoms with E-state index < -0.39 is 0 Å². The van der Waals surface area contributed by atoms with Crippen molar-refractivity contribution in [3.05, 3.63) is 23.3 Å². The standard InChI is InChI=1S/C10H13NO2.ClH/c1-6-4-9(11)5-7(2)10(6)13-8(3)12;/h4-5H,11H2,1-3H3;1H. The fourth-order valence-corrected chi connectivity index (χ4v) is 1.29. The van der Waals surface area contributed by atoms with E-state index in [2.05, 4.69) is 0 Å². The Morgan fingerprint density at radius 1 is 1.29 bits per heavy atom. The minimum atomic E-state index is -0.309. The summed E-state index contributed by atoms with van der Waals surface area (Å²) in [5.74, 6) is 0.303. The van der Waals surface area contributed by atoms with E-state index in [0.29, 0.717) is 11.4 Å². The van der Waals surface area contributed by atoms with Gasteiger partial charge in [-0.1, -0.05) is 0 Å². The lowest BCUT2D eigenvalue weighted by Crippen LogP contribution is -2.04. The molecule has 0 unspecified atom stereocenters. The van der Waals surface area contributed by atoms with E-state index >= 15 is 0 Å². The van der Waals surface area contributed by atoms with Crippen molar-refractivity contribution in [3.8, 4) is 5.75 Å². The molecule has 0 aromatic heterocycles. The smallest absolute Gasteiger partial charge is 0.308 e. The Balaban J connectivity index is 0.00000169. The lowest BCUT2D eigenvalue weighted by Gasteiger charge is -2.09. The third kappa shape index (κ3) is 2.92. The molecule has 0 saturated carbocycles. The third-order valence-corrected chi connectivity index (χ3v) is 1.73. The molecule has 0 radical (unpaired) electrons. The number of nitrogens with two attached hydrogens (primary N) is 1. The first-order valence-electron chi connectivity index (χ1n) is 4.06. The number of hydrogen-bond acceptors (Lipinski definition) is 3. The van der Waals surface area contributed by atoms with E-state index in [1.807, 2.05) is 13.8 Å². The normalized spacial score (nSPS) is 9.07. The fraction of sp³-hybridized carbons (Fsp3) is 0.300. The van der Waals surface area contributed by atoms with Gasteiger partial charge >= 0.3 is 5.97 Å². The van der Waals surface area contributed by atoms with E-state index in [0.717, 1.165) is 11.1 Å². The monoisotopic (exact) mass is 215 g/mol. The van der Waals surface area contributed by atoms with Gasteiger partial charge in [0.1, 0.15) is 5.75 Å². The van der Waals surface area contributed by atoms with Crippen LogP contribution < -0.4 is 10.5 Å². The number of ether oxygens (including phenoxy) is 1. The molecule has 0 amide bonds. The number of halogens is 1. The molecular formula is C10H14ClNO2. The molecular weight excluding hydrogens is 202 g/mol. The lowest BCUT2D eigenvalue weighted by molar-refractivity contribution is -0.131. The van der Waals surface area contributed by atoms with Gasteiger partial charge in [0, 0.05) is 12.6 Å². The molecule has 78 valence electrons. The summed E-state index contributed by atoms with van der Waals surface area (Å²) in [4.78, 5) is 10.7. The van der Waals surface area contributed by atoms with Crippen LogP contribution in [0, 0.1) is 13.8 Å². The molecule has 4 heteroatoms. The molecule has 1 rings (SSSR count). The Labute approximate surface area is 89.7 Å². The largest absolute Gasteiger partial charge is 0.426 e. The van der Waals surface area contributed by atoms with Crippen LogP contribution >= 0.6 is 12.4 Å². The highest BCUT2D eigenvalue weighted by Crippen LogP contribution is 2.25. The Morgan fingerprint density at radius 3 is 2.07 bits per heavy atom. The predicted octanol–water partition coefficient (Wildman–Crippen LogP) is 2.23. The number of nitrogen functional groups attached to an aromatic ring is 1. The van der Waals surface area contributed by atoms with Crippen LogP contribution in [-0.4, -0.2) is 5.97 Å². The van der Waals surface area contributed by atoms with E-state index in [1.165, 1.54) is 6.92 Å². The van der Waals surface area contributed by atoms with Crippen molar-refractivity contribution in [2.75, 3.05) is 5.73 Å². The van der Waals surface area contributed by atoms with Gasteiger partial charge in [-0.25, -0.2) is 0 Å². The van der Waals surface area contributed by atoms with E-state index in [-0.39, 0.29) is 18.4 Å². The Morgan fingerprint density at radius 2 is 1.71 bits per heavy atom. The van der Waals surface area contributed by atoms with Gasteiger partial charge in [-0.05, 0) is 37.1 Å². The SMILES string of the molecule is CC(=O)Oc1c(C)cc(N)cc1C.Cl. The molecule has 0 spiro atoms. The number of anilines is 1. The molecule has 0 fully saturated rings. The van der Waals surface area contributed by atoms with Crippen LogP contribution in [0.25, 0.3) is 0 Å². The fourth-order valence-electron chi connectivity index (χ4n) is 1.29. The first-order valence-corrected chi connectivity index (χ1v) is 4.06. The zero-order valence-corrected chi connectivity index (χ0v) is 9.27. The van der Waals surface area contributed by atoms with Gasteiger partial charge in [-0.3, -0.25) is 4.79 Å². The number of esters is 1. The van der Waals surface area contributed by atoms with Crippen LogP contribution in [0.2, 0.25) is 0 Å². The average molecular weight is 216 g/mol. The van der Waals surface area contributed by atoms with E-state index in [4.69, 9.17) is 10.5 Å². The van der Waals surface area contributed by atoms with Crippen molar-refractivity contribution in [2.45, 2.75) is 20.8 Å². The van der Waals surface area contributed by atoms with Gasteiger partial charge < -0.3 is 10.5 Å². The first-order chi connectivity index (χ1) is 6.00. The maximum Gasteiger partial charge on any atom is 0.308 e. The second kappa shape index (κ2) is 4.86. The summed E-state index contributed by atoms with van der Waals surface area (Å²) in [5.41, 5.74) is 8.07. The van der Waals surface area contributed by atoms with Crippen molar-refractivity contribution in [1.29, 1.82) is 0 Å². The van der Waals surface area contributed by atoms with Gasteiger partial charge in [-0.15, -0.1) is 12.4 Å². The third-order valence-electron chi connectivity index (χ3n) is 1.73. The maximum absolute atomic E-state index is 10.7. The van der Waals surface area contributed by atoms with Gasteiger partial charge in [0.2, 0.25) is 0 Å². The molecule has 0 aliphatic rings. The van der Waals surface area contributed by atoms with Crippen LogP contribution in [0.15, 0.2) is 12.1 Å². The number of rotatable bonds is 1. The second-order valence-corrected chi connectivity index (χ2v) is 3.08. The minimum Gasteiger partial charge on any atom is -0.426 e. The highest BCUT2D eigenvalue weighted by molar-refractivity contribution is 5.85. The zero-order chi connectivity index (χ0) is 10.0. The number of aryl methyl sites for hydroxylation is 2. The summed E-state index contributed by atoms with van der Waals surface area (Å²) in [6.07, 6.45) is 0. The molecule has 0 bridgehead atoms. The average Bonchev–Trinajstić information content (AvgIpc) is 1.96. The van der Waals surface area contributed by atoms with Crippen LogP contribution in [0.4, 0.5) is 5.69 Å². The van der Waals surface area contributed by atoms with Crippen LogP contribution in [0.3, 0.4) is 0 Å². The van der Waals surface area contributed by atoms with Crippen molar-refractivity contribution < 1.29 is 9.53 Å². The molecule has 0 atom stereocenters. The first kappa shape index (κ1) is 12.8. The number of hydrogen-bond donors (Lipinski definition) is 1. The summed E-state index contributed by atoms with van der Waals surface area (Å²) in [5, 5.41) is 0. The Hall–Kier alpha value is -1.22. The van der Waals surface area contributed by atoms with E-state index in [1.54, 1.807) is 12.1 Å². The van der Waals surface area contributed by atoms with Gasteiger partial charge in [0.15, 0.2) is 0 Å². The Bertz CT molecular complexity index is 327. The van der Waals surface area contributed by atoms with Crippen LogP contribution in [-0.2, 0) is 4.79 Å². The summed E-state index contributed by atoms with van der Waals surface area (Å²) in [6.45, 7) is 5.11.